The summed E-state index contributed by atoms with van der Waals surface area (Å²) in [5.41, 5.74) is 5.83. The maximum Gasteiger partial charge on any atom is 0.196 e. The van der Waals surface area contributed by atoms with Crippen LogP contribution in [0.4, 0.5) is 0 Å². The van der Waals surface area contributed by atoms with Crippen molar-refractivity contribution in [2.75, 3.05) is 0 Å². The minimum atomic E-state index is 0.810. The Morgan fingerprint density at radius 3 is 2.37 bits per heavy atom. The number of para-hydroxylation sites is 1. The summed E-state index contributed by atoms with van der Waals surface area (Å²) in [6.07, 6.45) is 3.60. The summed E-state index contributed by atoms with van der Waals surface area (Å²) in [6, 6.07) is 20.7. The summed E-state index contributed by atoms with van der Waals surface area (Å²) >= 11 is 1.70. The maximum absolute atomic E-state index is 4.50. The summed E-state index contributed by atoms with van der Waals surface area (Å²) in [4.78, 5) is 4.24. The molecule has 2 aromatic heterocycles. The molecule has 4 nitrogen and oxygen atoms in total. The molecule has 0 saturated carbocycles. The average molecular weight is 372 g/mol. The third-order valence-corrected chi connectivity index (χ3v) is 5.51. The van der Waals surface area contributed by atoms with E-state index in [1.165, 1.54) is 16.7 Å². The van der Waals surface area contributed by atoms with Gasteiger partial charge in [0.1, 0.15) is 0 Å². The van der Waals surface area contributed by atoms with Gasteiger partial charge in [0, 0.05) is 23.7 Å². The molecule has 0 atom stereocenters. The van der Waals surface area contributed by atoms with E-state index in [4.69, 9.17) is 0 Å². The zero-order chi connectivity index (χ0) is 18.6. The number of rotatable bonds is 5. The van der Waals surface area contributed by atoms with Crippen molar-refractivity contribution in [1.29, 1.82) is 0 Å². The Balaban J connectivity index is 1.77. The maximum atomic E-state index is 4.50. The molecular formula is C22H20N4S. The topological polar surface area (TPSA) is 43.6 Å². The van der Waals surface area contributed by atoms with Gasteiger partial charge in [-0.15, -0.1) is 10.2 Å². The van der Waals surface area contributed by atoms with Crippen molar-refractivity contribution in [2.24, 2.45) is 0 Å². The molecule has 2 aromatic carbocycles. The Bertz CT molecular complexity index is 1060. The Kier molecular flexibility index (Phi) is 5.03. The molecule has 0 spiro atoms. The zero-order valence-corrected chi connectivity index (χ0v) is 16.1. The third-order valence-electron chi connectivity index (χ3n) is 4.53. The van der Waals surface area contributed by atoms with Gasteiger partial charge in [-0.1, -0.05) is 54.2 Å². The van der Waals surface area contributed by atoms with Crippen molar-refractivity contribution >= 4 is 11.8 Å². The molecule has 0 aliphatic rings. The van der Waals surface area contributed by atoms with Gasteiger partial charge in [-0.05, 0) is 48.7 Å². The lowest BCUT2D eigenvalue weighted by Gasteiger charge is -2.13. The fraction of sp³-hybridized carbons (Fsp3) is 0.136. The molecule has 0 amide bonds. The normalized spacial score (nSPS) is 10.9. The smallest absolute Gasteiger partial charge is 0.196 e. The van der Waals surface area contributed by atoms with Gasteiger partial charge in [-0.2, -0.15) is 0 Å². The monoisotopic (exact) mass is 372 g/mol. The molecule has 0 radical (unpaired) electrons. The van der Waals surface area contributed by atoms with E-state index in [2.05, 4.69) is 70.0 Å². The van der Waals surface area contributed by atoms with Crippen LogP contribution in [0.2, 0.25) is 0 Å². The summed E-state index contributed by atoms with van der Waals surface area (Å²) in [7, 11) is 0. The molecule has 4 rings (SSSR count). The largest absolute Gasteiger partial charge is 0.270 e. The van der Waals surface area contributed by atoms with Gasteiger partial charge in [0.2, 0.25) is 0 Å². The standard InChI is InChI=1S/C22H20N4S/c1-16-8-3-5-10-19(16)15-27-22-25-24-21(18-11-7-13-23-14-18)26(22)20-12-6-4-9-17(20)2/h3-14H,15H2,1-2H3. The Morgan fingerprint density at radius 2 is 1.63 bits per heavy atom. The molecule has 0 bridgehead atoms. The van der Waals surface area contributed by atoms with Crippen LogP contribution in [-0.2, 0) is 5.75 Å². The van der Waals surface area contributed by atoms with Crippen LogP contribution >= 0.6 is 11.8 Å². The molecular weight excluding hydrogens is 352 g/mol. The molecule has 2 heterocycles. The molecule has 0 unspecified atom stereocenters. The van der Waals surface area contributed by atoms with Crippen LogP contribution in [0.15, 0.2) is 78.2 Å². The predicted octanol–water partition coefficient (Wildman–Crippen LogP) is 5.24. The molecule has 0 aliphatic carbocycles. The SMILES string of the molecule is Cc1ccccc1CSc1nnc(-c2cccnc2)n1-c1ccccc1C. The van der Waals surface area contributed by atoms with Crippen molar-refractivity contribution in [2.45, 2.75) is 24.8 Å². The lowest BCUT2D eigenvalue weighted by atomic mass is 10.1. The highest BCUT2D eigenvalue weighted by Crippen LogP contribution is 2.31. The first-order valence-corrected chi connectivity index (χ1v) is 9.82. The van der Waals surface area contributed by atoms with Crippen LogP contribution in [0.3, 0.4) is 0 Å². The van der Waals surface area contributed by atoms with Crippen LogP contribution in [0, 0.1) is 13.8 Å². The number of benzene rings is 2. The summed E-state index contributed by atoms with van der Waals surface area (Å²) in [5, 5.41) is 9.87. The quantitative estimate of drug-likeness (QED) is 0.450. The van der Waals surface area contributed by atoms with E-state index < -0.39 is 0 Å². The van der Waals surface area contributed by atoms with Crippen molar-refractivity contribution in [3.05, 3.63) is 89.7 Å². The minimum absolute atomic E-state index is 0.810. The van der Waals surface area contributed by atoms with E-state index >= 15 is 0 Å². The molecule has 134 valence electrons. The predicted molar refractivity (Wildman–Crippen MR) is 110 cm³/mol. The second kappa shape index (κ2) is 7.76. The second-order valence-electron chi connectivity index (χ2n) is 6.38. The van der Waals surface area contributed by atoms with E-state index in [9.17, 15) is 0 Å². The van der Waals surface area contributed by atoms with Crippen molar-refractivity contribution in [1.82, 2.24) is 19.7 Å². The molecule has 5 heteroatoms. The average Bonchev–Trinajstić information content (AvgIpc) is 3.12. The van der Waals surface area contributed by atoms with Gasteiger partial charge in [0.15, 0.2) is 11.0 Å². The van der Waals surface area contributed by atoms with Gasteiger partial charge in [0.25, 0.3) is 0 Å². The van der Waals surface area contributed by atoms with E-state index in [1.54, 1.807) is 18.0 Å². The number of thioether (sulfide) groups is 1. The van der Waals surface area contributed by atoms with Crippen molar-refractivity contribution in [3.63, 3.8) is 0 Å². The zero-order valence-electron chi connectivity index (χ0n) is 15.3. The van der Waals surface area contributed by atoms with Gasteiger partial charge >= 0.3 is 0 Å². The Morgan fingerprint density at radius 1 is 0.852 bits per heavy atom. The second-order valence-corrected chi connectivity index (χ2v) is 7.33. The molecule has 0 N–H and O–H groups in total. The van der Waals surface area contributed by atoms with Gasteiger partial charge in [0.05, 0.1) is 5.69 Å². The van der Waals surface area contributed by atoms with E-state index in [0.717, 1.165) is 28.0 Å². The van der Waals surface area contributed by atoms with Gasteiger partial charge in [-0.3, -0.25) is 9.55 Å². The number of pyridine rings is 1. The molecule has 4 aromatic rings. The number of aryl methyl sites for hydroxylation is 2. The van der Waals surface area contributed by atoms with Crippen molar-refractivity contribution in [3.8, 4) is 17.1 Å². The van der Waals surface area contributed by atoms with Crippen LogP contribution in [0.5, 0.6) is 0 Å². The number of hydrogen-bond acceptors (Lipinski definition) is 4. The lowest BCUT2D eigenvalue weighted by molar-refractivity contribution is 0.880. The highest BCUT2D eigenvalue weighted by molar-refractivity contribution is 7.98. The van der Waals surface area contributed by atoms with Gasteiger partial charge < -0.3 is 0 Å². The van der Waals surface area contributed by atoms with Crippen LogP contribution < -0.4 is 0 Å². The first-order valence-electron chi connectivity index (χ1n) is 8.83. The first-order chi connectivity index (χ1) is 13.2. The lowest BCUT2D eigenvalue weighted by Crippen LogP contribution is -2.02. The molecule has 27 heavy (non-hydrogen) atoms. The fourth-order valence-electron chi connectivity index (χ4n) is 2.99. The Hall–Kier alpha value is -2.92. The van der Waals surface area contributed by atoms with E-state index in [0.29, 0.717) is 0 Å². The summed E-state index contributed by atoms with van der Waals surface area (Å²) in [5.74, 6) is 1.66. The minimum Gasteiger partial charge on any atom is -0.270 e. The van der Waals surface area contributed by atoms with E-state index in [1.807, 2.05) is 30.5 Å². The molecule has 0 fully saturated rings. The third kappa shape index (κ3) is 3.64. The molecule has 0 saturated heterocycles. The van der Waals surface area contributed by atoms with Crippen LogP contribution in [0.1, 0.15) is 16.7 Å². The highest BCUT2D eigenvalue weighted by atomic mass is 32.2. The van der Waals surface area contributed by atoms with E-state index in [-0.39, 0.29) is 0 Å². The van der Waals surface area contributed by atoms with Crippen LogP contribution in [-0.4, -0.2) is 19.7 Å². The Labute approximate surface area is 163 Å². The fourth-order valence-corrected chi connectivity index (χ4v) is 4.01. The summed E-state index contributed by atoms with van der Waals surface area (Å²) < 4.78 is 2.13. The highest BCUT2D eigenvalue weighted by Gasteiger charge is 2.17. The number of nitrogens with zero attached hydrogens (tertiary/aromatic N) is 4. The number of aromatic nitrogens is 4. The number of hydrogen-bond donors (Lipinski definition) is 0. The van der Waals surface area contributed by atoms with Gasteiger partial charge in [-0.25, -0.2) is 0 Å². The molecule has 0 aliphatic heterocycles. The van der Waals surface area contributed by atoms with Crippen LogP contribution in [0.25, 0.3) is 17.1 Å². The summed E-state index contributed by atoms with van der Waals surface area (Å²) in [6.45, 7) is 4.25. The van der Waals surface area contributed by atoms with Crippen molar-refractivity contribution < 1.29 is 0 Å². The first kappa shape index (κ1) is 17.5.